The lowest BCUT2D eigenvalue weighted by Crippen LogP contribution is -2.31. The van der Waals surface area contributed by atoms with E-state index in [-0.39, 0.29) is 0 Å². The van der Waals surface area contributed by atoms with Crippen molar-refractivity contribution < 1.29 is 4.74 Å². The van der Waals surface area contributed by atoms with E-state index in [4.69, 9.17) is 4.74 Å². The summed E-state index contributed by atoms with van der Waals surface area (Å²) < 4.78 is 5.45. The van der Waals surface area contributed by atoms with Crippen molar-refractivity contribution in [2.75, 3.05) is 38.2 Å². The summed E-state index contributed by atoms with van der Waals surface area (Å²) in [5, 5.41) is 0. The Hall–Kier alpha value is -2.00. The number of fused-ring (bicyclic) bond motifs is 2. The molecule has 0 atom stereocenters. The molecular formula is C23H30N2O. The molecule has 0 saturated carbocycles. The Morgan fingerprint density at radius 2 is 1.62 bits per heavy atom. The summed E-state index contributed by atoms with van der Waals surface area (Å²) in [6.07, 6.45) is 7.69. The SMILES string of the molecule is COc1ccc2c(c1)Cc1ccccc1N2CCCCN1CCCCC1. The molecule has 0 amide bonds. The number of piperidine rings is 1. The summed E-state index contributed by atoms with van der Waals surface area (Å²) in [5.41, 5.74) is 5.52. The van der Waals surface area contributed by atoms with Gasteiger partial charge in [-0.2, -0.15) is 0 Å². The summed E-state index contributed by atoms with van der Waals surface area (Å²) in [4.78, 5) is 5.16. The quantitative estimate of drug-likeness (QED) is 0.682. The number of anilines is 2. The summed E-state index contributed by atoms with van der Waals surface area (Å²) in [5.74, 6) is 0.952. The largest absolute Gasteiger partial charge is 0.497 e. The number of rotatable bonds is 6. The van der Waals surface area contributed by atoms with Crippen LogP contribution in [0.5, 0.6) is 5.75 Å². The third-order valence-electron chi connectivity index (χ3n) is 5.80. The Balaban J connectivity index is 1.46. The fourth-order valence-corrected chi connectivity index (χ4v) is 4.38. The number of methoxy groups -OCH3 is 1. The van der Waals surface area contributed by atoms with Gasteiger partial charge in [0.25, 0.3) is 0 Å². The molecule has 2 heterocycles. The van der Waals surface area contributed by atoms with Gasteiger partial charge in [-0.1, -0.05) is 24.6 Å². The van der Waals surface area contributed by atoms with Gasteiger partial charge in [0.05, 0.1) is 7.11 Å². The van der Waals surface area contributed by atoms with Gasteiger partial charge in [0.15, 0.2) is 0 Å². The van der Waals surface area contributed by atoms with Crippen LogP contribution in [-0.4, -0.2) is 38.2 Å². The first-order chi connectivity index (χ1) is 12.8. The predicted octanol–water partition coefficient (Wildman–Crippen LogP) is 5.00. The van der Waals surface area contributed by atoms with Crippen LogP contribution in [0.1, 0.15) is 43.2 Å². The molecule has 3 nitrogen and oxygen atoms in total. The first kappa shape index (κ1) is 17.4. The van der Waals surface area contributed by atoms with Gasteiger partial charge in [0, 0.05) is 24.3 Å². The molecule has 4 rings (SSSR count). The van der Waals surface area contributed by atoms with Crippen LogP contribution in [0.4, 0.5) is 11.4 Å². The number of para-hydroxylation sites is 1. The van der Waals surface area contributed by atoms with Crippen molar-refractivity contribution >= 4 is 11.4 Å². The molecule has 1 saturated heterocycles. The van der Waals surface area contributed by atoms with Gasteiger partial charge in [-0.25, -0.2) is 0 Å². The van der Waals surface area contributed by atoms with Gasteiger partial charge in [0.1, 0.15) is 5.75 Å². The van der Waals surface area contributed by atoms with Crippen molar-refractivity contribution in [1.82, 2.24) is 4.90 Å². The average molecular weight is 351 g/mol. The molecule has 2 aromatic carbocycles. The predicted molar refractivity (Wildman–Crippen MR) is 109 cm³/mol. The minimum atomic E-state index is 0.952. The molecule has 0 aliphatic carbocycles. The number of benzene rings is 2. The summed E-state index contributed by atoms with van der Waals surface area (Å²) in [6, 6.07) is 15.4. The van der Waals surface area contributed by atoms with Crippen molar-refractivity contribution in [3.05, 3.63) is 53.6 Å². The number of ether oxygens (including phenoxy) is 1. The Morgan fingerprint density at radius 3 is 2.46 bits per heavy atom. The Bertz CT molecular complexity index is 737. The summed E-state index contributed by atoms with van der Waals surface area (Å²) in [7, 11) is 1.75. The summed E-state index contributed by atoms with van der Waals surface area (Å²) in [6.45, 7) is 4.94. The zero-order valence-electron chi connectivity index (χ0n) is 15.9. The number of hydrogen-bond acceptors (Lipinski definition) is 3. The maximum Gasteiger partial charge on any atom is 0.119 e. The van der Waals surface area contributed by atoms with Crippen molar-refractivity contribution in [3.63, 3.8) is 0 Å². The zero-order valence-corrected chi connectivity index (χ0v) is 15.9. The average Bonchev–Trinajstić information content (AvgIpc) is 2.70. The second-order valence-electron chi connectivity index (χ2n) is 7.56. The highest BCUT2D eigenvalue weighted by atomic mass is 16.5. The monoisotopic (exact) mass is 350 g/mol. The normalized spacial score (nSPS) is 16.9. The van der Waals surface area contributed by atoms with Crippen LogP contribution in [0.3, 0.4) is 0 Å². The maximum absolute atomic E-state index is 5.45. The van der Waals surface area contributed by atoms with Crippen molar-refractivity contribution in [3.8, 4) is 5.75 Å². The van der Waals surface area contributed by atoms with Gasteiger partial charge in [-0.05, 0) is 80.7 Å². The molecule has 0 aromatic heterocycles. The Labute approximate surface area is 157 Å². The van der Waals surface area contributed by atoms with Crippen LogP contribution in [0, 0.1) is 0 Å². The molecule has 2 aliphatic heterocycles. The maximum atomic E-state index is 5.45. The molecule has 26 heavy (non-hydrogen) atoms. The third kappa shape index (κ3) is 3.73. The smallest absolute Gasteiger partial charge is 0.119 e. The molecule has 138 valence electrons. The number of nitrogens with zero attached hydrogens (tertiary/aromatic N) is 2. The first-order valence-corrected chi connectivity index (χ1v) is 10.1. The van der Waals surface area contributed by atoms with Crippen LogP contribution < -0.4 is 9.64 Å². The molecule has 1 fully saturated rings. The van der Waals surface area contributed by atoms with Gasteiger partial charge in [0.2, 0.25) is 0 Å². The van der Waals surface area contributed by atoms with E-state index in [1.165, 1.54) is 74.2 Å². The zero-order chi connectivity index (χ0) is 17.8. The fourth-order valence-electron chi connectivity index (χ4n) is 4.38. The van der Waals surface area contributed by atoms with E-state index in [1.807, 2.05) is 0 Å². The molecule has 3 heteroatoms. The second kappa shape index (κ2) is 8.13. The van der Waals surface area contributed by atoms with Crippen molar-refractivity contribution in [2.45, 2.75) is 38.5 Å². The van der Waals surface area contributed by atoms with Gasteiger partial charge in [-0.3, -0.25) is 0 Å². The minimum Gasteiger partial charge on any atom is -0.497 e. The third-order valence-corrected chi connectivity index (χ3v) is 5.80. The van der Waals surface area contributed by atoms with Gasteiger partial charge >= 0.3 is 0 Å². The van der Waals surface area contributed by atoms with E-state index in [0.29, 0.717) is 0 Å². The van der Waals surface area contributed by atoms with E-state index in [2.05, 4.69) is 52.3 Å². The van der Waals surface area contributed by atoms with Crippen LogP contribution in [-0.2, 0) is 6.42 Å². The van der Waals surface area contributed by atoms with E-state index >= 15 is 0 Å². The highest BCUT2D eigenvalue weighted by Gasteiger charge is 2.22. The van der Waals surface area contributed by atoms with Crippen molar-refractivity contribution in [1.29, 1.82) is 0 Å². The van der Waals surface area contributed by atoms with Gasteiger partial charge < -0.3 is 14.5 Å². The highest BCUT2D eigenvalue weighted by molar-refractivity contribution is 5.74. The van der Waals surface area contributed by atoms with E-state index in [0.717, 1.165) is 18.7 Å². The van der Waals surface area contributed by atoms with Crippen LogP contribution in [0.15, 0.2) is 42.5 Å². The lowest BCUT2D eigenvalue weighted by Gasteiger charge is -2.34. The second-order valence-corrected chi connectivity index (χ2v) is 7.56. The minimum absolute atomic E-state index is 0.952. The van der Waals surface area contributed by atoms with Crippen LogP contribution >= 0.6 is 0 Å². The molecule has 2 aromatic rings. The van der Waals surface area contributed by atoms with Crippen molar-refractivity contribution in [2.24, 2.45) is 0 Å². The molecule has 0 bridgehead atoms. The number of hydrogen-bond donors (Lipinski definition) is 0. The molecule has 2 aliphatic rings. The Morgan fingerprint density at radius 1 is 0.846 bits per heavy atom. The topological polar surface area (TPSA) is 15.7 Å². The standard InChI is InChI=1S/C23H30N2O/c1-26-21-11-12-23-20(18-21)17-19-9-3-4-10-22(19)25(23)16-8-7-15-24-13-5-2-6-14-24/h3-4,9-12,18H,2,5-8,13-17H2,1H3. The lowest BCUT2D eigenvalue weighted by molar-refractivity contribution is 0.225. The Kier molecular flexibility index (Phi) is 5.45. The molecule has 0 N–H and O–H groups in total. The van der Waals surface area contributed by atoms with E-state index in [1.54, 1.807) is 7.11 Å². The van der Waals surface area contributed by atoms with E-state index in [9.17, 15) is 0 Å². The van der Waals surface area contributed by atoms with Crippen LogP contribution in [0.25, 0.3) is 0 Å². The molecule has 0 unspecified atom stereocenters. The molecular weight excluding hydrogens is 320 g/mol. The molecule has 0 spiro atoms. The summed E-state index contributed by atoms with van der Waals surface area (Å²) >= 11 is 0. The molecule has 0 radical (unpaired) electrons. The highest BCUT2D eigenvalue weighted by Crippen LogP contribution is 2.40. The lowest BCUT2D eigenvalue weighted by atomic mass is 9.95. The van der Waals surface area contributed by atoms with E-state index < -0.39 is 0 Å². The fraction of sp³-hybridized carbons (Fsp3) is 0.478. The van der Waals surface area contributed by atoms with Gasteiger partial charge in [-0.15, -0.1) is 0 Å². The van der Waals surface area contributed by atoms with Crippen LogP contribution in [0.2, 0.25) is 0 Å². The number of likely N-dealkylation sites (tertiary alicyclic amines) is 1. The first-order valence-electron chi connectivity index (χ1n) is 10.1. The number of unbranched alkanes of at least 4 members (excludes halogenated alkanes) is 1.